The lowest BCUT2D eigenvalue weighted by Crippen LogP contribution is -2.47. The number of nitrogens with zero attached hydrogens (tertiary/aromatic N) is 1. The number of nitrogens with one attached hydrogen (secondary N) is 2. The van der Waals surface area contributed by atoms with Crippen LogP contribution in [0.25, 0.3) is 0 Å². The molecule has 1 atom stereocenters. The number of carboxylic acid groups (broad SMARTS) is 1. The summed E-state index contributed by atoms with van der Waals surface area (Å²) in [7, 11) is 0. The van der Waals surface area contributed by atoms with E-state index in [1.807, 2.05) is 12.3 Å². The van der Waals surface area contributed by atoms with Crippen LogP contribution >= 0.6 is 0 Å². The molecular formula is C12H17N3O3. The Morgan fingerprint density at radius 1 is 1.61 bits per heavy atom. The molecule has 0 saturated carbocycles. The lowest BCUT2D eigenvalue weighted by atomic mass is 9.98. The lowest BCUT2D eigenvalue weighted by molar-refractivity contribution is -0.139. The third-order valence-electron chi connectivity index (χ3n) is 3.25. The highest BCUT2D eigenvalue weighted by Gasteiger charge is 2.40. The second-order valence-corrected chi connectivity index (χ2v) is 5.14. The van der Waals surface area contributed by atoms with E-state index >= 15 is 0 Å². The quantitative estimate of drug-likeness (QED) is 0.754. The maximum atomic E-state index is 11.9. The minimum Gasteiger partial charge on any atom is -0.481 e. The van der Waals surface area contributed by atoms with Crippen LogP contribution in [0.15, 0.2) is 18.5 Å². The van der Waals surface area contributed by atoms with E-state index in [-0.39, 0.29) is 18.5 Å². The highest BCUT2D eigenvalue weighted by atomic mass is 16.4. The van der Waals surface area contributed by atoms with Gasteiger partial charge in [-0.2, -0.15) is 0 Å². The smallest absolute Gasteiger partial charge is 0.318 e. The van der Waals surface area contributed by atoms with Crippen LogP contribution < -0.4 is 5.32 Å². The molecule has 0 spiro atoms. The number of aromatic amines is 1. The topological polar surface area (TPSA) is 85.4 Å². The molecule has 6 heteroatoms. The summed E-state index contributed by atoms with van der Waals surface area (Å²) >= 11 is 0. The number of hydrogen-bond donors (Lipinski definition) is 3. The highest BCUT2D eigenvalue weighted by Crippen LogP contribution is 2.28. The number of carbonyl (C=O) groups is 2. The van der Waals surface area contributed by atoms with Crippen LogP contribution in [0.5, 0.6) is 0 Å². The van der Waals surface area contributed by atoms with Gasteiger partial charge in [-0.05, 0) is 25.5 Å². The maximum Gasteiger partial charge on any atom is 0.318 e. The summed E-state index contributed by atoms with van der Waals surface area (Å²) < 4.78 is 0. The summed E-state index contributed by atoms with van der Waals surface area (Å²) in [6, 6.07) is 1.60. The van der Waals surface area contributed by atoms with Crippen molar-refractivity contribution in [2.75, 3.05) is 6.54 Å². The molecule has 1 aliphatic heterocycles. The van der Waals surface area contributed by atoms with E-state index in [2.05, 4.69) is 10.3 Å². The van der Waals surface area contributed by atoms with Crippen LogP contribution in [-0.4, -0.2) is 39.1 Å². The Hall–Kier alpha value is -1.98. The summed E-state index contributed by atoms with van der Waals surface area (Å²) in [5.74, 6) is -0.905. The van der Waals surface area contributed by atoms with Crippen LogP contribution in [0.3, 0.4) is 0 Å². The summed E-state index contributed by atoms with van der Waals surface area (Å²) in [4.78, 5) is 27.3. The molecule has 6 nitrogen and oxygen atoms in total. The molecule has 1 fully saturated rings. The first kappa shape index (κ1) is 12.5. The van der Waals surface area contributed by atoms with Crippen LogP contribution in [0.1, 0.15) is 31.9 Å². The Bertz CT molecular complexity index is 453. The van der Waals surface area contributed by atoms with E-state index < -0.39 is 11.5 Å². The molecule has 2 rings (SSSR count). The third kappa shape index (κ3) is 2.32. The first-order chi connectivity index (χ1) is 8.40. The summed E-state index contributed by atoms with van der Waals surface area (Å²) in [6.07, 6.45) is 3.56. The molecule has 18 heavy (non-hydrogen) atoms. The molecule has 1 aromatic rings. The zero-order valence-corrected chi connectivity index (χ0v) is 10.4. The number of carboxylic acids is 1. The van der Waals surface area contributed by atoms with Gasteiger partial charge in [0.25, 0.3) is 0 Å². The Kier molecular flexibility index (Phi) is 3.02. The average molecular weight is 251 g/mol. The average Bonchev–Trinajstić information content (AvgIpc) is 2.82. The SMILES string of the molecule is CC(C)(CC(=O)O)N1CC(c2cc[nH]c2)NC1=O. The third-order valence-corrected chi connectivity index (χ3v) is 3.25. The fraction of sp³-hybridized carbons (Fsp3) is 0.500. The number of aromatic nitrogens is 1. The van der Waals surface area contributed by atoms with Gasteiger partial charge in [0.1, 0.15) is 0 Å². The first-order valence-corrected chi connectivity index (χ1v) is 5.83. The van der Waals surface area contributed by atoms with E-state index in [9.17, 15) is 9.59 Å². The van der Waals surface area contributed by atoms with Gasteiger partial charge in [-0.25, -0.2) is 4.79 Å². The molecule has 1 aromatic heterocycles. The standard InChI is InChI=1S/C12H17N3O3/c1-12(2,5-10(16)17)15-7-9(14-11(15)18)8-3-4-13-6-8/h3-4,6,9,13H,5,7H2,1-2H3,(H,14,18)(H,16,17). The van der Waals surface area contributed by atoms with E-state index in [1.54, 1.807) is 24.9 Å². The highest BCUT2D eigenvalue weighted by molar-refractivity contribution is 5.79. The molecule has 98 valence electrons. The molecule has 0 aliphatic carbocycles. The molecule has 1 aliphatic rings. The second kappa shape index (κ2) is 4.36. The normalized spacial score (nSPS) is 20.0. The molecule has 2 heterocycles. The summed E-state index contributed by atoms with van der Waals surface area (Å²) in [5, 5.41) is 11.7. The van der Waals surface area contributed by atoms with Crippen LogP contribution in [-0.2, 0) is 4.79 Å². The van der Waals surface area contributed by atoms with Gasteiger partial charge in [0.2, 0.25) is 0 Å². The predicted octanol–water partition coefficient (Wildman–Crippen LogP) is 1.33. The van der Waals surface area contributed by atoms with Crippen molar-refractivity contribution in [3.8, 4) is 0 Å². The van der Waals surface area contributed by atoms with Gasteiger partial charge < -0.3 is 20.3 Å². The van der Waals surface area contributed by atoms with Crippen molar-refractivity contribution in [1.29, 1.82) is 0 Å². The Morgan fingerprint density at radius 2 is 2.33 bits per heavy atom. The minimum atomic E-state index is -0.905. The molecule has 0 radical (unpaired) electrons. The van der Waals surface area contributed by atoms with Crippen LogP contribution in [0, 0.1) is 0 Å². The number of urea groups is 1. The van der Waals surface area contributed by atoms with Crippen molar-refractivity contribution in [2.45, 2.75) is 31.8 Å². The summed E-state index contributed by atoms with van der Waals surface area (Å²) in [6.45, 7) is 4.01. The fourth-order valence-corrected chi connectivity index (χ4v) is 2.27. The van der Waals surface area contributed by atoms with Crippen LogP contribution in [0.2, 0.25) is 0 Å². The van der Waals surface area contributed by atoms with Gasteiger partial charge in [-0.3, -0.25) is 4.79 Å². The van der Waals surface area contributed by atoms with Crippen molar-refractivity contribution < 1.29 is 14.7 Å². The van der Waals surface area contributed by atoms with Gasteiger partial charge in [0.15, 0.2) is 0 Å². The molecule has 1 saturated heterocycles. The molecule has 0 aromatic carbocycles. The first-order valence-electron chi connectivity index (χ1n) is 5.83. The molecular weight excluding hydrogens is 234 g/mol. The second-order valence-electron chi connectivity index (χ2n) is 5.14. The number of rotatable bonds is 4. The number of hydrogen-bond acceptors (Lipinski definition) is 2. The molecule has 2 amide bonds. The Balaban J connectivity index is 2.12. The number of carbonyl (C=O) groups excluding carboxylic acids is 1. The predicted molar refractivity (Wildman–Crippen MR) is 65.1 cm³/mol. The van der Waals surface area contributed by atoms with Gasteiger partial charge >= 0.3 is 12.0 Å². The van der Waals surface area contributed by atoms with Crippen molar-refractivity contribution >= 4 is 12.0 Å². The van der Waals surface area contributed by atoms with Gasteiger partial charge in [-0.1, -0.05) is 0 Å². The van der Waals surface area contributed by atoms with Gasteiger partial charge in [0.05, 0.1) is 12.5 Å². The van der Waals surface area contributed by atoms with E-state index in [0.717, 1.165) is 5.56 Å². The zero-order chi connectivity index (χ0) is 13.3. The van der Waals surface area contributed by atoms with Crippen molar-refractivity contribution in [3.63, 3.8) is 0 Å². The number of amides is 2. The van der Waals surface area contributed by atoms with Crippen LogP contribution in [0.4, 0.5) is 4.79 Å². The number of H-pyrrole nitrogens is 1. The molecule has 3 N–H and O–H groups in total. The fourth-order valence-electron chi connectivity index (χ4n) is 2.27. The van der Waals surface area contributed by atoms with Crippen molar-refractivity contribution in [2.24, 2.45) is 0 Å². The number of aliphatic carboxylic acids is 1. The minimum absolute atomic E-state index is 0.0692. The Labute approximate surface area is 105 Å². The Morgan fingerprint density at radius 3 is 2.89 bits per heavy atom. The van der Waals surface area contributed by atoms with Gasteiger partial charge in [-0.15, -0.1) is 0 Å². The molecule has 0 bridgehead atoms. The van der Waals surface area contributed by atoms with Crippen molar-refractivity contribution in [1.82, 2.24) is 15.2 Å². The largest absolute Gasteiger partial charge is 0.481 e. The van der Waals surface area contributed by atoms with E-state index in [1.165, 1.54) is 0 Å². The maximum absolute atomic E-state index is 11.9. The van der Waals surface area contributed by atoms with Crippen molar-refractivity contribution in [3.05, 3.63) is 24.0 Å². The summed E-state index contributed by atoms with van der Waals surface area (Å²) in [5.41, 5.74) is 0.304. The van der Waals surface area contributed by atoms with E-state index in [0.29, 0.717) is 6.54 Å². The lowest BCUT2D eigenvalue weighted by Gasteiger charge is -2.33. The van der Waals surface area contributed by atoms with E-state index in [4.69, 9.17) is 5.11 Å². The van der Waals surface area contributed by atoms with Gasteiger partial charge in [0, 0.05) is 24.5 Å². The molecule has 1 unspecified atom stereocenters. The monoisotopic (exact) mass is 251 g/mol. The zero-order valence-electron chi connectivity index (χ0n) is 10.4.